The maximum atomic E-state index is 12.5. The van der Waals surface area contributed by atoms with Crippen LogP contribution in [0.3, 0.4) is 0 Å². The first-order valence-corrected chi connectivity index (χ1v) is 6.98. The number of nitrogens with zero attached hydrogens (tertiary/aromatic N) is 2. The van der Waals surface area contributed by atoms with Crippen molar-refractivity contribution >= 4 is 11.9 Å². The normalized spacial score (nSPS) is 19.4. The number of hydrogen-bond acceptors (Lipinski definition) is 4. The second-order valence-corrected chi connectivity index (χ2v) is 5.12. The first kappa shape index (κ1) is 15.0. The molecule has 0 radical (unpaired) electrons. The van der Waals surface area contributed by atoms with E-state index in [1.54, 1.807) is 29.2 Å². The molecule has 1 saturated heterocycles. The van der Waals surface area contributed by atoms with Gasteiger partial charge in [-0.2, -0.15) is 5.26 Å². The van der Waals surface area contributed by atoms with Crippen molar-refractivity contribution in [2.45, 2.75) is 18.8 Å². The fourth-order valence-corrected chi connectivity index (χ4v) is 2.64. The average Bonchev–Trinajstić information content (AvgIpc) is 2.55. The number of methoxy groups -OCH3 is 1. The number of likely N-dealkylation sites (tertiary alicyclic amines) is 1. The van der Waals surface area contributed by atoms with Gasteiger partial charge in [0.25, 0.3) is 0 Å². The maximum Gasteiger partial charge on any atom is 0.310 e. The van der Waals surface area contributed by atoms with E-state index in [1.807, 2.05) is 6.07 Å². The Hall–Kier alpha value is -2.35. The lowest BCUT2D eigenvalue weighted by Gasteiger charge is -2.32. The minimum atomic E-state index is -0.817. The third-order valence-electron chi connectivity index (χ3n) is 3.78. The van der Waals surface area contributed by atoms with Crippen LogP contribution in [0.5, 0.6) is 0 Å². The number of hydrogen-bond donors (Lipinski definition) is 0. The van der Waals surface area contributed by atoms with Gasteiger partial charge in [-0.25, -0.2) is 0 Å². The number of rotatable bonds is 3. The third kappa shape index (κ3) is 3.40. The molecule has 2 atom stereocenters. The first-order valence-electron chi connectivity index (χ1n) is 6.98. The molecular formula is C16H18N2O3. The first-order chi connectivity index (χ1) is 10.2. The van der Waals surface area contributed by atoms with Gasteiger partial charge < -0.3 is 9.64 Å². The summed E-state index contributed by atoms with van der Waals surface area (Å²) in [5.74, 6) is -1.64. The van der Waals surface area contributed by atoms with Gasteiger partial charge in [0.1, 0.15) is 5.92 Å². The Morgan fingerprint density at radius 1 is 1.38 bits per heavy atom. The molecule has 0 N–H and O–H groups in total. The quantitative estimate of drug-likeness (QED) is 0.793. The highest BCUT2D eigenvalue weighted by Gasteiger charge is 2.32. The summed E-state index contributed by atoms with van der Waals surface area (Å²) in [6, 6.07) is 11.1. The van der Waals surface area contributed by atoms with Crippen molar-refractivity contribution < 1.29 is 14.3 Å². The summed E-state index contributed by atoms with van der Waals surface area (Å²) in [6.07, 6.45) is 1.47. The van der Waals surface area contributed by atoms with Crippen molar-refractivity contribution in [2.75, 3.05) is 20.2 Å². The highest BCUT2D eigenvalue weighted by atomic mass is 16.5. The summed E-state index contributed by atoms with van der Waals surface area (Å²) in [4.78, 5) is 25.8. The molecule has 110 valence electrons. The van der Waals surface area contributed by atoms with E-state index in [1.165, 1.54) is 7.11 Å². The molecule has 1 fully saturated rings. The molecule has 1 amide bonds. The number of nitriles is 1. The highest BCUT2D eigenvalue weighted by Crippen LogP contribution is 2.23. The van der Waals surface area contributed by atoms with Gasteiger partial charge in [-0.1, -0.05) is 30.3 Å². The molecule has 0 bridgehead atoms. The van der Waals surface area contributed by atoms with E-state index in [0.29, 0.717) is 18.7 Å². The van der Waals surface area contributed by atoms with Crippen LogP contribution < -0.4 is 0 Å². The molecule has 21 heavy (non-hydrogen) atoms. The Balaban J connectivity index is 2.11. The molecule has 1 heterocycles. The second-order valence-electron chi connectivity index (χ2n) is 5.12. The van der Waals surface area contributed by atoms with Crippen LogP contribution in [0, 0.1) is 17.2 Å². The number of ether oxygens (including phenoxy) is 1. The molecule has 0 saturated carbocycles. The molecule has 1 aromatic rings. The number of piperidine rings is 1. The molecule has 1 aromatic carbocycles. The lowest BCUT2D eigenvalue weighted by molar-refractivity contribution is -0.149. The standard InChI is InChI=1S/C16H18N2O3/c1-21-16(20)13-8-5-9-18(11-13)15(19)14(10-17)12-6-3-2-4-7-12/h2-4,6-7,13-14H,5,8-9,11H2,1H3. The van der Waals surface area contributed by atoms with Gasteiger partial charge in [-0.05, 0) is 18.4 Å². The van der Waals surface area contributed by atoms with E-state index in [9.17, 15) is 14.9 Å². The van der Waals surface area contributed by atoms with Crippen LogP contribution in [0.2, 0.25) is 0 Å². The molecule has 1 aliphatic rings. The number of amides is 1. The predicted molar refractivity (Wildman–Crippen MR) is 76.1 cm³/mol. The van der Waals surface area contributed by atoms with Crippen LogP contribution >= 0.6 is 0 Å². The lowest BCUT2D eigenvalue weighted by Crippen LogP contribution is -2.44. The SMILES string of the molecule is COC(=O)C1CCCN(C(=O)C(C#N)c2ccccc2)C1. The molecule has 2 unspecified atom stereocenters. The van der Waals surface area contributed by atoms with E-state index < -0.39 is 5.92 Å². The Morgan fingerprint density at radius 3 is 2.71 bits per heavy atom. The van der Waals surface area contributed by atoms with E-state index in [2.05, 4.69) is 6.07 Å². The van der Waals surface area contributed by atoms with Crippen molar-refractivity contribution in [3.05, 3.63) is 35.9 Å². The van der Waals surface area contributed by atoms with E-state index in [0.717, 1.165) is 12.8 Å². The van der Waals surface area contributed by atoms with Gasteiger partial charge in [0.05, 0.1) is 19.1 Å². The summed E-state index contributed by atoms with van der Waals surface area (Å²) in [5.41, 5.74) is 0.685. The molecule has 5 nitrogen and oxygen atoms in total. The molecule has 1 aliphatic heterocycles. The predicted octanol–water partition coefficient (Wildman–Crippen LogP) is 1.71. The molecule has 0 spiro atoms. The van der Waals surface area contributed by atoms with Crippen LogP contribution in [-0.4, -0.2) is 37.0 Å². The zero-order valence-electron chi connectivity index (χ0n) is 12.0. The topological polar surface area (TPSA) is 70.4 Å². The summed E-state index contributed by atoms with van der Waals surface area (Å²) in [5, 5.41) is 9.31. The van der Waals surface area contributed by atoms with Crippen LogP contribution in [0.15, 0.2) is 30.3 Å². The smallest absolute Gasteiger partial charge is 0.310 e. The highest BCUT2D eigenvalue weighted by molar-refractivity contribution is 5.87. The number of carbonyl (C=O) groups excluding carboxylic acids is 2. The van der Waals surface area contributed by atoms with Crippen molar-refractivity contribution in [3.8, 4) is 6.07 Å². The number of benzene rings is 1. The number of carbonyl (C=O) groups is 2. The second kappa shape index (κ2) is 6.89. The van der Waals surface area contributed by atoms with E-state index >= 15 is 0 Å². The minimum absolute atomic E-state index is 0.239. The fourth-order valence-electron chi connectivity index (χ4n) is 2.64. The molecular weight excluding hydrogens is 268 g/mol. The minimum Gasteiger partial charge on any atom is -0.469 e. The zero-order valence-corrected chi connectivity index (χ0v) is 12.0. The van der Waals surface area contributed by atoms with Crippen molar-refractivity contribution in [1.29, 1.82) is 5.26 Å². The summed E-state index contributed by atoms with van der Waals surface area (Å²) >= 11 is 0. The van der Waals surface area contributed by atoms with Gasteiger partial charge in [-0.3, -0.25) is 9.59 Å². The average molecular weight is 286 g/mol. The van der Waals surface area contributed by atoms with Crippen molar-refractivity contribution in [2.24, 2.45) is 5.92 Å². The Labute approximate surface area is 124 Å². The number of esters is 1. The van der Waals surface area contributed by atoms with Gasteiger partial charge in [0, 0.05) is 13.1 Å². The Morgan fingerprint density at radius 2 is 2.10 bits per heavy atom. The maximum absolute atomic E-state index is 12.5. The van der Waals surface area contributed by atoms with Crippen LogP contribution in [-0.2, 0) is 14.3 Å². The molecule has 5 heteroatoms. The molecule has 0 aromatic heterocycles. The fraction of sp³-hybridized carbons (Fsp3) is 0.438. The van der Waals surface area contributed by atoms with Crippen LogP contribution in [0.25, 0.3) is 0 Å². The Bertz CT molecular complexity index is 550. The van der Waals surface area contributed by atoms with E-state index in [4.69, 9.17) is 4.74 Å². The van der Waals surface area contributed by atoms with Gasteiger partial charge >= 0.3 is 5.97 Å². The van der Waals surface area contributed by atoms with Gasteiger partial charge in [0.2, 0.25) is 5.91 Å². The Kier molecular flexibility index (Phi) is 4.94. The van der Waals surface area contributed by atoms with Crippen LogP contribution in [0.1, 0.15) is 24.3 Å². The largest absolute Gasteiger partial charge is 0.469 e. The van der Waals surface area contributed by atoms with Crippen molar-refractivity contribution in [1.82, 2.24) is 4.90 Å². The summed E-state index contributed by atoms with van der Waals surface area (Å²) in [6.45, 7) is 0.911. The van der Waals surface area contributed by atoms with Gasteiger partial charge in [-0.15, -0.1) is 0 Å². The van der Waals surface area contributed by atoms with Crippen molar-refractivity contribution in [3.63, 3.8) is 0 Å². The molecule has 0 aliphatic carbocycles. The third-order valence-corrected chi connectivity index (χ3v) is 3.78. The summed E-state index contributed by atoms with van der Waals surface area (Å²) in [7, 11) is 1.35. The van der Waals surface area contributed by atoms with Crippen LogP contribution in [0.4, 0.5) is 0 Å². The zero-order chi connectivity index (χ0) is 15.2. The molecule has 2 rings (SSSR count). The lowest BCUT2D eigenvalue weighted by atomic mass is 9.94. The summed E-state index contributed by atoms with van der Waals surface area (Å²) < 4.78 is 4.75. The van der Waals surface area contributed by atoms with Gasteiger partial charge in [0.15, 0.2) is 0 Å². The van der Waals surface area contributed by atoms with E-state index in [-0.39, 0.29) is 17.8 Å². The monoisotopic (exact) mass is 286 g/mol.